The molecule has 15 heavy (non-hydrogen) atoms. The van der Waals surface area contributed by atoms with E-state index >= 15 is 0 Å². The lowest BCUT2D eigenvalue weighted by Crippen LogP contribution is -2.30. The number of primary amides is 1. The summed E-state index contributed by atoms with van der Waals surface area (Å²) in [5.41, 5.74) is 5.02. The number of rotatable bonds is 3. The van der Waals surface area contributed by atoms with E-state index in [0.717, 1.165) is 19.5 Å². The zero-order valence-electron chi connectivity index (χ0n) is 8.40. The van der Waals surface area contributed by atoms with Crippen LogP contribution >= 0.6 is 0 Å². The molecule has 0 spiro atoms. The lowest BCUT2D eigenvalue weighted by Gasteiger charge is -2.20. The third-order valence-corrected chi connectivity index (χ3v) is 2.55. The summed E-state index contributed by atoms with van der Waals surface area (Å²) < 4.78 is 4.94. The molecule has 2 heterocycles. The number of hydrogen-bond donors (Lipinski definition) is 2. The van der Waals surface area contributed by atoms with E-state index in [2.05, 4.69) is 15.5 Å². The second kappa shape index (κ2) is 4.39. The summed E-state index contributed by atoms with van der Waals surface area (Å²) in [5.74, 6) is 0.331. The molecule has 0 aliphatic carbocycles. The molecule has 1 unspecified atom stereocenters. The normalized spacial score (nSPS) is 21.5. The second-order valence-corrected chi connectivity index (χ2v) is 3.79. The molecule has 1 aromatic rings. The lowest BCUT2D eigenvalue weighted by molar-refractivity contribution is 0.0987. The van der Waals surface area contributed by atoms with Crippen molar-refractivity contribution in [1.82, 2.24) is 15.5 Å². The third kappa shape index (κ3) is 2.53. The van der Waals surface area contributed by atoms with Gasteiger partial charge in [-0.2, -0.15) is 4.98 Å². The zero-order valence-corrected chi connectivity index (χ0v) is 8.40. The van der Waals surface area contributed by atoms with E-state index in [1.807, 2.05) is 0 Å². The molecule has 1 atom stereocenters. The molecule has 6 heteroatoms. The maximum Gasteiger partial charge on any atom is 0.290 e. The number of hydrogen-bond acceptors (Lipinski definition) is 5. The van der Waals surface area contributed by atoms with Crippen LogP contribution in [0.1, 0.15) is 29.4 Å². The summed E-state index contributed by atoms with van der Waals surface area (Å²) in [7, 11) is 0. The van der Waals surface area contributed by atoms with E-state index < -0.39 is 5.91 Å². The van der Waals surface area contributed by atoms with E-state index in [4.69, 9.17) is 10.3 Å². The Kier molecular flexibility index (Phi) is 2.96. The Morgan fingerprint density at radius 3 is 3.13 bits per heavy atom. The summed E-state index contributed by atoms with van der Waals surface area (Å²) in [6, 6.07) is 0. The van der Waals surface area contributed by atoms with E-state index in [-0.39, 0.29) is 5.82 Å². The molecule has 2 rings (SSSR count). The topological polar surface area (TPSA) is 94.0 Å². The second-order valence-electron chi connectivity index (χ2n) is 3.79. The van der Waals surface area contributed by atoms with Crippen LogP contribution < -0.4 is 11.1 Å². The number of aromatic nitrogens is 2. The SMILES string of the molecule is NC(=O)c1noc(CC2CCCNC2)n1. The highest BCUT2D eigenvalue weighted by Gasteiger charge is 2.18. The van der Waals surface area contributed by atoms with Crippen LogP contribution in [0.4, 0.5) is 0 Å². The molecule has 1 saturated heterocycles. The fraction of sp³-hybridized carbons (Fsp3) is 0.667. The number of nitrogens with two attached hydrogens (primary N) is 1. The first-order valence-corrected chi connectivity index (χ1v) is 5.09. The molecule has 0 bridgehead atoms. The average molecular weight is 210 g/mol. The van der Waals surface area contributed by atoms with Gasteiger partial charge in [0.2, 0.25) is 5.89 Å². The Labute approximate surface area is 87.2 Å². The molecular weight excluding hydrogens is 196 g/mol. The van der Waals surface area contributed by atoms with Gasteiger partial charge in [-0.25, -0.2) is 0 Å². The van der Waals surface area contributed by atoms with E-state index in [1.165, 1.54) is 6.42 Å². The number of amides is 1. The predicted octanol–water partition coefficient (Wildman–Crippen LogP) is -0.289. The third-order valence-electron chi connectivity index (χ3n) is 2.55. The van der Waals surface area contributed by atoms with Crippen LogP contribution in [0.25, 0.3) is 0 Å². The van der Waals surface area contributed by atoms with Gasteiger partial charge in [0.1, 0.15) is 0 Å². The van der Waals surface area contributed by atoms with Crippen LogP contribution in [0, 0.1) is 5.92 Å². The number of nitrogens with zero attached hydrogens (tertiary/aromatic N) is 2. The van der Waals surface area contributed by atoms with Crippen LogP contribution in [0.15, 0.2) is 4.52 Å². The van der Waals surface area contributed by atoms with Gasteiger partial charge in [0.25, 0.3) is 11.7 Å². The molecule has 1 amide bonds. The first kappa shape index (κ1) is 10.1. The standard InChI is InChI=1S/C9H14N4O2/c10-8(14)9-12-7(15-13-9)4-6-2-1-3-11-5-6/h6,11H,1-5H2,(H2,10,14). The lowest BCUT2D eigenvalue weighted by atomic mass is 9.96. The molecule has 1 aliphatic rings. The van der Waals surface area contributed by atoms with Gasteiger partial charge in [-0.3, -0.25) is 4.79 Å². The highest BCUT2D eigenvalue weighted by atomic mass is 16.5. The van der Waals surface area contributed by atoms with Gasteiger partial charge < -0.3 is 15.6 Å². The first-order valence-electron chi connectivity index (χ1n) is 5.09. The Morgan fingerprint density at radius 1 is 1.67 bits per heavy atom. The molecule has 0 aromatic carbocycles. The summed E-state index contributed by atoms with van der Waals surface area (Å²) in [5, 5.41) is 6.80. The zero-order chi connectivity index (χ0) is 10.7. The van der Waals surface area contributed by atoms with Gasteiger partial charge in [-0.15, -0.1) is 0 Å². The van der Waals surface area contributed by atoms with Gasteiger partial charge in [-0.1, -0.05) is 5.16 Å². The monoisotopic (exact) mass is 210 g/mol. The van der Waals surface area contributed by atoms with Gasteiger partial charge in [0.15, 0.2) is 0 Å². The smallest absolute Gasteiger partial charge is 0.290 e. The quantitative estimate of drug-likeness (QED) is 0.715. The fourth-order valence-corrected chi connectivity index (χ4v) is 1.78. The number of nitrogens with one attached hydrogen (secondary N) is 1. The number of carbonyl (C=O) groups is 1. The van der Waals surface area contributed by atoms with Gasteiger partial charge in [0.05, 0.1) is 0 Å². The Morgan fingerprint density at radius 2 is 2.53 bits per heavy atom. The van der Waals surface area contributed by atoms with Crippen molar-refractivity contribution in [3.63, 3.8) is 0 Å². The van der Waals surface area contributed by atoms with Gasteiger partial charge >= 0.3 is 0 Å². The van der Waals surface area contributed by atoms with Crippen LogP contribution in [-0.4, -0.2) is 29.1 Å². The molecule has 0 radical (unpaired) electrons. The highest BCUT2D eigenvalue weighted by Crippen LogP contribution is 2.14. The van der Waals surface area contributed by atoms with Gasteiger partial charge in [0, 0.05) is 6.42 Å². The molecule has 3 N–H and O–H groups in total. The Balaban J connectivity index is 1.94. The van der Waals surface area contributed by atoms with Crippen LogP contribution in [0.5, 0.6) is 0 Å². The van der Waals surface area contributed by atoms with Crippen molar-refractivity contribution < 1.29 is 9.32 Å². The average Bonchev–Trinajstić information content (AvgIpc) is 2.68. The first-order chi connectivity index (χ1) is 7.25. The van der Waals surface area contributed by atoms with E-state index in [0.29, 0.717) is 18.2 Å². The maximum absolute atomic E-state index is 10.7. The minimum Gasteiger partial charge on any atom is -0.363 e. The minimum atomic E-state index is -0.647. The van der Waals surface area contributed by atoms with Crippen molar-refractivity contribution in [3.8, 4) is 0 Å². The largest absolute Gasteiger partial charge is 0.363 e. The van der Waals surface area contributed by atoms with Crippen molar-refractivity contribution in [2.24, 2.45) is 11.7 Å². The van der Waals surface area contributed by atoms with Crippen LogP contribution in [-0.2, 0) is 6.42 Å². The molecule has 1 aliphatic heterocycles. The van der Waals surface area contributed by atoms with Crippen LogP contribution in [0.3, 0.4) is 0 Å². The fourth-order valence-electron chi connectivity index (χ4n) is 1.78. The maximum atomic E-state index is 10.7. The van der Waals surface area contributed by atoms with Crippen molar-refractivity contribution in [3.05, 3.63) is 11.7 Å². The molecule has 82 valence electrons. The van der Waals surface area contributed by atoms with Crippen molar-refractivity contribution in [1.29, 1.82) is 0 Å². The van der Waals surface area contributed by atoms with Gasteiger partial charge in [-0.05, 0) is 31.8 Å². The highest BCUT2D eigenvalue weighted by molar-refractivity contribution is 5.88. The number of piperidine rings is 1. The molecular formula is C9H14N4O2. The summed E-state index contributed by atoms with van der Waals surface area (Å²) in [6.45, 7) is 2.04. The number of carbonyl (C=O) groups excluding carboxylic acids is 1. The summed E-state index contributed by atoms with van der Waals surface area (Å²) >= 11 is 0. The summed E-state index contributed by atoms with van der Waals surface area (Å²) in [4.78, 5) is 14.7. The van der Waals surface area contributed by atoms with E-state index in [1.54, 1.807) is 0 Å². The molecule has 1 fully saturated rings. The molecule has 6 nitrogen and oxygen atoms in total. The molecule has 0 saturated carbocycles. The minimum absolute atomic E-state index is 0.0335. The predicted molar refractivity (Wildman–Crippen MR) is 52.1 cm³/mol. The Hall–Kier alpha value is -1.43. The Bertz CT molecular complexity index is 344. The van der Waals surface area contributed by atoms with Crippen LogP contribution in [0.2, 0.25) is 0 Å². The van der Waals surface area contributed by atoms with Crippen molar-refractivity contribution in [2.45, 2.75) is 19.3 Å². The van der Waals surface area contributed by atoms with Crippen molar-refractivity contribution in [2.75, 3.05) is 13.1 Å². The van der Waals surface area contributed by atoms with E-state index in [9.17, 15) is 4.79 Å². The molecule has 1 aromatic heterocycles. The summed E-state index contributed by atoms with van der Waals surface area (Å²) in [6.07, 6.45) is 3.04. The van der Waals surface area contributed by atoms with Crippen molar-refractivity contribution >= 4 is 5.91 Å².